The Morgan fingerprint density at radius 2 is 2.15 bits per heavy atom. The lowest BCUT2D eigenvalue weighted by Gasteiger charge is -2.11. The molecule has 0 saturated heterocycles. The second-order valence-electron chi connectivity index (χ2n) is 3.39. The molecule has 1 aliphatic carbocycles. The average Bonchev–Trinajstić information content (AvgIpc) is 2.56. The van der Waals surface area contributed by atoms with E-state index in [9.17, 15) is 0 Å². The maximum Gasteiger partial charge on any atom is 0.0385 e. The van der Waals surface area contributed by atoms with Crippen molar-refractivity contribution in [3.05, 3.63) is 48.1 Å². The van der Waals surface area contributed by atoms with E-state index in [0.29, 0.717) is 5.25 Å². The molecule has 0 nitrogen and oxygen atoms in total. The largest absolute Gasteiger partial charge is 0.117 e. The Balaban J connectivity index is 2.18. The van der Waals surface area contributed by atoms with Crippen LogP contribution in [0.4, 0.5) is 0 Å². The summed E-state index contributed by atoms with van der Waals surface area (Å²) in [5.74, 6) is 0. The van der Waals surface area contributed by atoms with Crippen LogP contribution < -0.4 is 0 Å². The normalized spacial score (nSPS) is 23.7. The lowest BCUT2D eigenvalue weighted by atomic mass is 9.98. The van der Waals surface area contributed by atoms with E-state index in [2.05, 4.69) is 42.5 Å². The van der Waals surface area contributed by atoms with Gasteiger partial charge in [0, 0.05) is 10.1 Å². The van der Waals surface area contributed by atoms with E-state index in [0.717, 1.165) is 0 Å². The molecular formula is C12H10S. The molecule has 1 atom stereocenters. The molecule has 0 aromatic heterocycles. The Morgan fingerprint density at radius 3 is 3.15 bits per heavy atom. The minimum Gasteiger partial charge on any atom is -0.117 e. The molecule has 1 aliphatic heterocycles. The van der Waals surface area contributed by atoms with E-state index in [-0.39, 0.29) is 0 Å². The highest BCUT2D eigenvalue weighted by Crippen LogP contribution is 2.47. The van der Waals surface area contributed by atoms with Crippen LogP contribution in [0.3, 0.4) is 0 Å². The summed E-state index contributed by atoms with van der Waals surface area (Å²) in [6.45, 7) is 0. The molecule has 0 spiro atoms. The van der Waals surface area contributed by atoms with Crippen molar-refractivity contribution in [1.29, 1.82) is 0 Å². The summed E-state index contributed by atoms with van der Waals surface area (Å²) in [7, 11) is 0. The van der Waals surface area contributed by atoms with Crippen LogP contribution in [-0.4, -0.2) is 5.25 Å². The van der Waals surface area contributed by atoms with E-state index in [1.165, 1.54) is 22.5 Å². The summed E-state index contributed by atoms with van der Waals surface area (Å²) in [6, 6.07) is 8.70. The highest BCUT2D eigenvalue weighted by atomic mass is 32.2. The molecular weight excluding hydrogens is 176 g/mol. The minimum absolute atomic E-state index is 0.683. The first-order valence-electron chi connectivity index (χ1n) is 4.58. The van der Waals surface area contributed by atoms with E-state index in [4.69, 9.17) is 0 Å². The lowest BCUT2D eigenvalue weighted by molar-refractivity contribution is 1.09. The predicted octanol–water partition coefficient (Wildman–Crippen LogP) is 3.50. The molecule has 1 heterocycles. The molecule has 3 rings (SSSR count). The number of thioether (sulfide) groups is 1. The summed E-state index contributed by atoms with van der Waals surface area (Å²) in [5, 5.41) is 0.683. The maximum absolute atomic E-state index is 2.26. The fourth-order valence-corrected chi connectivity index (χ4v) is 3.26. The smallest absolute Gasteiger partial charge is 0.0385 e. The zero-order chi connectivity index (χ0) is 8.67. The number of rotatable bonds is 0. The van der Waals surface area contributed by atoms with Crippen molar-refractivity contribution in [2.75, 3.05) is 0 Å². The Bertz CT molecular complexity index is 401. The minimum atomic E-state index is 0.683. The van der Waals surface area contributed by atoms with Crippen LogP contribution in [0.1, 0.15) is 12.0 Å². The van der Waals surface area contributed by atoms with Crippen molar-refractivity contribution in [2.45, 2.75) is 16.6 Å². The van der Waals surface area contributed by atoms with Gasteiger partial charge in [-0.05, 0) is 23.6 Å². The van der Waals surface area contributed by atoms with E-state index >= 15 is 0 Å². The van der Waals surface area contributed by atoms with Crippen molar-refractivity contribution in [3.63, 3.8) is 0 Å². The van der Waals surface area contributed by atoms with Gasteiger partial charge in [-0.2, -0.15) is 0 Å². The molecule has 64 valence electrons. The van der Waals surface area contributed by atoms with Crippen LogP contribution in [0.5, 0.6) is 0 Å². The Kier molecular flexibility index (Phi) is 1.59. The van der Waals surface area contributed by atoms with Crippen molar-refractivity contribution in [1.82, 2.24) is 0 Å². The van der Waals surface area contributed by atoms with Gasteiger partial charge >= 0.3 is 0 Å². The molecule has 2 aliphatic rings. The first-order valence-corrected chi connectivity index (χ1v) is 5.46. The number of allylic oxidation sites excluding steroid dienone is 3. The third-order valence-corrected chi connectivity index (χ3v) is 3.92. The van der Waals surface area contributed by atoms with Crippen LogP contribution in [0.25, 0.3) is 5.57 Å². The summed E-state index contributed by atoms with van der Waals surface area (Å²) in [5.41, 5.74) is 2.96. The first kappa shape index (κ1) is 7.45. The summed E-state index contributed by atoms with van der Waals surface area (Å²) in [6.07, 6.45) is 7.87. The average molecular weight is 186 g/mol. The fraction of sp³-hybridized carbons (Fsp3) is 0.167. The quantitative estimate of drug-likeness (QED) is 0.597. The number of fused-ring (bicyclic) bond motifs is 3. The van der Waals surface area contributed by atoms with E-state index < -0.39 is 0 Å². The highest BCUT2D eigenvalue weighted by molar-refractivity contribution is 8.00. The van der Waals surface area contributed by atoms with Crippen molar-refractivity contribution in [2.24, 2.45) is 0 Å². The molecule has 1 aromatic carbocycles. The topological polar surface area (TPSA) is 0 Å². The van der Waals surface area contributed by atoms with Gasteiger partial charge in [0.2, 0.25) is 0 Å². The van der Waals surface area contributed by atoms with Gasteiger partial charge in [-0.3, -0.25) is 0 Å². The molecule has 0 fully saturated rings. The molecule has 0 bridgehead atoms. The van der Waals surface area contributed by atoms with Crippen LogP contribution >= 0.6 is 11.8 Å². The lowest BCUT2D eigenvalue weighted by Crippen LogP contribution is -2.00. The second-order valence-corrected chi connectivity index (χ2v) is 4.63. The summed E-state index contributed by atoms with van der Waals surface area (Å²) < 4.78 is 0. The summed E-state index contributed by atoms with van der Waals surface area (Å²) >= 11 is 2.00. The number of benzene rings is 1. The SMILES string of the molecule is C1=CCC2Sc3ccccc3C2=C1. The molecule has 0 amide bonds. The molecule has 1 unspecified atom stereocenters. The molecule has 0 saturated carbocycles. The standard InChI is InChI=1S/C12H10S/c1-3-7-11-9(5-1)10-6-2-4-8-12(10)13-11/h1-7,12H,8H2. The van der Waals surface area contributed by atoms with Gasteiger partial charge in [-0.25, -0.2) is 0 Å². The Labute approximate surface area is 82.4 Å². The molecule has 0 radical (unpaired) electrons. The maximum atomic E-state index is 2.26. The number of hydrogen-bond donors (Lipinski definition) is 0. The van der Waals surface area contributed by atoms with Crippen LogP contribution in [-0.2, 0) is 0 Å². The van der Waals surface area contributed by atoms with E-state index in [1.54, 1.807) is 0 Å². The third kappa shape index (κ3) is 1.07. The van der Waals surface area contributed by atoms with Crippen LogP contribution in [0, 0.1) is 0 Å². The van der Waals surface area contributed by atoms with Gasteiger partial charge < -0.3 is 0 Å². The molecule has 1 heteroatoms. The van der Waals surface area contributed by atoms with Gasteiger partial charge in [0.15, 0.2) is 0 Å². The number of hydrogen-bond acceptors (Lipinski definition) is 1. The van der Waals surface area contributed by atoms with Gasteiger partial charge in [-0.15, -0.1) is 11.8 Å². The fourth-order valence-electron chi connectivity index (χ4n) is 1.94. The zero-order valence-corrected chi connectivity index (χ0v) is 8.05. The first-order chi connectivity index (χ1) is 6.45. The molecule has 1 aromatic rings. The van der Waals surface area contributed by atoms with Gasteiger partial charge in [0.25, 0.3) is 0 Å². The van der Waals surface area contributed by atoms with Crippen molar-refractivity contribution < 1.29 is 0 Å². The Hall–Kier alpha value is -0.950. The van der Waals surface area contributed by atoms with Crippen LogP contribution in [0.2, 0.25) is 0 Å². The van der Waals surface area contributed by atoms with Gasteiger partial charge in [-0.1, -0.05) is 36.4 Å². The molecule has 13 heavy (non-hydrogen) atoms. The van der Waals surface area contributed by atoms with E-state index in [1.807, 2.05) is 11.8 Å². The van der Waals surface area contributed by atoms with Crippen molar-refractivity contribution in [3.8, 4) is 0 Å². The third-order valence-electron chi connectivity index (χ3n) is 2.58. The highest BCUT2D eigenvalue weighted by Gasteiger charge is 2.26. The summed E-state index contributed by atoms with van der Waals surface area (Å²) in [4.78, 5) is 1.45. The molecule has 0 N–H and O–H groups in total. The van der Waals surface area contributed by atoms with Crippen molar-refractivity contribution >= 4 is 17.3 Å². The Morgan fingerprint density at radius 1 is 1.23 bits per heavy atom. The second kappa shape index (κ2) is 2.78. The predicted molar refractivity (Wildman–Crippen MR) is 57.8 cm³/mol. The van der Waals surface area contributed by atoms with Crippen LogP contribution in [0.15, 0.2) is 47.4 Å². The zero-order valence-electron chi connectivity index (χ0n) is 7.23. The van der Waals surface area contributed by atoms with Gasteiger partial charge in [0.1, 0.15) is 0 Å². The van der Waals surface area contributed by atoms with Gasteiger partial charge in [0.05, 0.1) is 0 Å². The monoisotopic (exact) mass is 186 g/mol.